The number of anilines is 1. The molecule has 4 rings (SSSR count). The lowest BCUT2D eigenvalue weighted by Crippen LogP contribution is -2.03. The number of hydrogen-bond acceptors (Lipinski definition) is 7. The lowest BCUT2D eigenvalue weighted by Gasteiger charge is -1.97. The summed E-state index contributed by atoms with van der Waals surface area (Å²) < 4.78 is 9.28. The van der Waals surface area contributed by atoms with Gasteiger partial charge in [-0.3, -0.25) is 9.59 Å². The number of ether oxygens (including phenoxy) is 1. The van der Waals surface area contributed by atoms with Gasteiger partial charge in [0.2, 0.25) is 5.88 Å². The molecule has 0 aliphatic rings. The largest absolute Gasteiger partial charge is 0.469 e. The molecule has 3 aromatic carbocycles. The van der Waals surface area contributed by atoms with Crippen LogP contribution in [-0.2, 0) is 33.6 Å². The molecule has 0 bridgehead atoms. The highest BCUT2D eigenvalue weighted by atomic mass is 16.5. The number of methoxy groups -OCH3 is 1. The Morgan fingerprint density at radius 3 is 1.81 bits per heavy atom. The molecule has 1 heterocycles. The molecule has 0 unspecified atom stereocenters. The normalized spacial score (nSPS) is 9.44. The average molecular weight is 484 g/mol. The van der Waals surface area contributed by atoms with Crippen molar-refractivity contribution in [1.29, 1.82) is 5.26 Å². The summed E-state index contributed by atoms with van der Waals surface area (Å²) >= 11 is 0. The van der Waals surface area contributed by atoms with Crippen LogP contribution in [0.5, 0.6) is 0 Å². The van der Waals surface area contributed by atoms with Crippen LogP contribution >= 0.6 is 0 Å². The maximum absolute atomic E-state index is 11.0. The summed E-state index contributed by atoms with van der Waals surface area (Å²) in [6, 6.07) is 32.6. The molecule has 0 radical (unpaired) electrons. The molecule has 0 spiro atoms. The maximum atomic E-state index is 11.0. The van der Waals surface area contributed by atoms with Gasteiger partial charge in [0, 0.05) is 18.9 Å². The van der Waals surface area contributed by atoms with Crippen molar-refractivity contribution in [3.8, 4) is 6.07 Å². The first-order valence-electron chi connectivity index (χ1n) is 11.3. The molecule has 1 aromatic heterocycles. The third kappa shape index (κ3) is 11.4. The van der Waals surface area contributed by atoms with E-state index in [1.165, 1.54) is 12.7 Å². The number of esters is 1. The summed E-state index contributed by atoms with van der Waals surface area (Å²) in [5, 5.41) is 12.1. The average Bonchev–Trinajstić information content (AvgIpc) is 3.31. The van der Waals surface area contributed by atoms with Gasteiger partial charge >= 0.3 is 5.97 Å². The van der Waals surface area contributed by atoms with Crippen LogP contribution in [0.15, 0.2) is 102 Å². The smallest absolute Gasteiger partial charge is 0.309 e. The third-order valence-electron chi connectivity index (χ3n) is 4.74. The second-order valence-corrected chi connectivity index (χ2v) is 7.66. The van der Waals surface area contributed by atoms with E-state index in [0.29, 0.717) is 18.7 Å². The van der Waals surface area contributed by atoms with Gasteiger partial charge in [-0.05, 0) is 16.7 Å². The summed E-state index contributed by atoms with van der Waals surface area (Å²) in [4.78, 5) is 21.7. The summed E-state index contributed by atoms with van der Waals surface area (Å²) in [5.41, 5.74) is 9.43. The number of nitrogens with two attached hydrogens (primary N) is 1. The molecule has 36 heavy (non-hydrogen) atoms. The molecule has 0 saturated carbocycles. The zero-order valence-corrected chi connectivity index (χ0v) is 20.2. The van der Waals surface area contributed by atoms with Crippen LogP contribution in [0.2, 0.25) is 0 Å². The van der Waals surface area contributed by atoms with Crippen LogP contribution < -0.4 is 5.73 Å². The van der Waals surface area contributed by atoms with Crippen molar-refractivity contribution >= 4 is 17.6 Å². The fourth-order valence-electron chi connectivity index (χ4n) is 3.03. The van der Waals surface area contributed by atoms with Gasteiger partial charge < -0.3 is 15.0 Å². The summed E-state index contributed by atoms with van der Waals surface area (Å²) in [6.45, 7) is 0. The highest BCUT2D eigenvalue weighted by molar-refractivity contribution is 5.82. The van der Waals surface area contributed by atoms with E-state index in [-0.39, 0.29) is 18.2 Å². The summed E-state index contributed by atoms with van der Waals surface area (Å²) in [5.74, 6) is 0.144. The van der Waals surface area contributed by atoms with E-state index >= 15 is 0 Å². The van der Waals surface area contributed by atoms with Gasteiger partial charge in [-0.1, -0.05) is 96.2 Å². The maximum Gasteiger partial charge on any atom is 0.309 e. The topological polar surface area (TPSA) is 119 Å². The third-order valence-corrected chi connectivity index (χ3v) is 4.74. The van der Waals surface area contributed by atoms with Gasteiger partial charge in [-0.2, -0.15) is 5.26 Å². The zero-order valence-electron chi connectivity index (χ0n) is 20.2. The number of ketones is 1. The minimum atomic E-state index is -0.198. The van der Waals surface area contributed by atoms with Gasteiger partial charge in [-0.15, -0.1) is 0 Å². The number of hydrogen-bond donors (Lipinski definition) is 1. The molecule has 7 heteroatoms. The predicted octanol–water partition coefficient (Wildman–Crippen LogP) is 4.96. The van der Waals surface area contributed by atoms with E-state index in [9.17, 15) is 9.59 Å². The number of carbonyl (C=O) groups is 2. The molecule has 0 aliphatic heterocycles. The van der Waals surface area contributed by atoms with E-state index in [0.717, 1.165) is 23.2 Å². The monoisotopic (exact) mass is 483 g/mol. The number of benzene rings is 3. The number of nitriles is 1. The highest BCUT2D eigenvalue weighted by Crippen LogP contribution is 2.10. The van der Waals surface area contributed by atoms with Crippen molar-refractivity contribution in [2.45, 2.75) is 25.7 Å². The zero-order chi connectivity index (χ0) is 26.0. The lowest BCUT2D eigenvalue weighted by molar-refractivity contribution is -0.139. The number of nitrogen functional groups attached to an aromatic ring is 1. The van der Waals surface area contributed by atoms with E-state index in [4.69, 9.17) is 15.5 Å². The fourth-order valence-corrected chi connectivity index (χ4v) is 3.03. The Morgan fingerprint density at radius 2 is 1.36 bits per heavy atom. The molecular weight excluding hydrogens is 454 g/mol. The Bertz CT molecular complexity index is 1220. The minimum Gasteiger partial charge on any atom is -0.469 e. The van der Waals surface area contributed by atoms with Crippen molar-refractivity contribution < 1.29 is 18.8 Å². The molecule has 0 atom stereocenters. The Labute approximate surface area is 211 Å². The molecule has 0 aliphatic carbocycles. The number of Topliss-reactive ketones (excluding diaryl/α,β-unsaturated/α-hetero) is 1. The van der Waals surface area contributed by atoms with Crippen LogP contribution in [-0.4, -0.2) is 24.0 Å². The van der Waals surface area contributed by atoms with Crippen LogP contribution in [0.1, 0.15) is 28.8 Å². The lowest BCUT2D eigenvalue weighted by atomic mass is 10.1. The Morgan fingerprint density at radius 1 is 0.861 bits per heavy atom. The van der Waals surface area contributed by atoms with E-state index in [2.05, 4.69) is 9.89 Å². The van der Waals surface area contributed by atoms with Gasteiger partial charge in [0.05, 0.1) is 31.7 Å². The SMILES string of the molecule is COC(=O)Cc1ccccc1.N#CCC(=O)Cc1ccccc1.Nc1cc(Cc2ccccc2)no1. The van der Waals surface area contributed by atoms with Crippen molar-refractivity contribution in [1.82, 2.24) is 5.16 Å². The molecule has 0 amide bonds. The standard InChI is InChI=1S/C10H10N2O.C10H9NO.C9H10O2/c11-10-7-9(12-13-10)6-8-4-2-1-3-5-8;11-7-6-10(12)8-9-4-2-1-3-5-9;1-11-9(10)7-8-5-3-2-4-6-8/h1-5,7H,6,11H2;1-5H,6,8H2;2-6H,7H2,1H3. The van der Waals surface area contributed by atoms with Crippen molar-refractivity contribution in [2.24, 2.45) is 0 Å². The second-order valence-electron chi connectivity index (χ2n) is 7.66. The van der Waals surface area contributed by atoms with E-state index in [1.807, 2.05) is 97.1 Å². The molecule has 184 valence electrons. The van der Waals surface area contributed by atoms with Gasteiger partial charge in [0.25, 0.3) is 0 Å². The van der Waals surface area contributed by atoms with Crippen LogP contribution in [0.25, 0.3) is 0 Å². The van der Waals surface area contributed by atoms with E-state index in [1.54, 1.807) is 6.07 Å². The Hall–Kier alpha value is -4.70. The highest BCUT2D eigenvalue weighted by Gasteiger charge is 2.02. The molecule has 0 fully saturated rings. The van der Waals surface area contributed by atoms with E-state index < -0.39 is 0 Å². The Balaban J connectivity index is 0.000000191. The number of aromatic nitrogens is 1. The van der Waals surface area contributed by atoms with Crippen LogP contribution in [0, 0.1) is 11.3 Å². The molecule has 7 nitrogen and oxygen atoms in total. The molecule has 4 aromatic rings. The Kier molecular flexibility index (Phi) is 12.3. The first kappa shape index (κ1) is 27.5. The number of nitrogens with zero attached hydrogens (tertiary/aromatic N) is 2. The summed E-state index contributed by atoms with van der Waals surface area (Å²) in [6.07, 6.45) is 1.50. The summed E-state index contributed by atoms with van der Waals surface area (Å²) in [7, 11) is 1.39. The van der Waals surface area contributed by atoms with Crippen LogP contribution in [0.4, 0.5) is 5.88 Å². The molecule has 2 N–H and O–H groups in total. The predicted molar refractivity (Wildman–Crippen MR) is 138 cm³/mol. The van der Waals surface area contributed by atoms with Gasteiger partial charge in [0.15, 0.2) is 5.78 Å². The minimum absolute atomic E-state index is 0.00882. The second kappa shape index (κ2) is 16.0. The van der Waals surface area contributed by atoms with Crippen molar-refractivity contribution in [3.05, 3.63) is 119 Å². The molecular formula is C29H29N3O4. The van der Waals surface area contributed by atoms with Crippen molar-refractivity contribution in [2.75, 3.05) is 12.8 Å². The number of carbonyl (C=O) groups excluding carboxylic acids is 2. The van der Waals surface area contributed by atoms with Crippen molar-refractivity contribution in [3.63, 3.8) is 0 Å². The quantitative estimate of drug-likeness (QED) is 0.369. The first-order valence-corrected chi connectivity index (χ1v) is 11.3. The fraction of sp³-hybridized carbons (Fsp3) is 0.172. The van der Waals surface area contributed by atoms with Gasteiger partial charge in [-0.25, -0.2) is 0 Å². The van der Waals surface area contributed by atoms with Gasteiger partial charge in [0.1, 0.15) is 0 Å². The first-order chi connectivity index (χ1) is 17.5. The molecule has 0 saturated heterocycles. The van der Waals surface area contributed by atoms with Crippen LogP contribution in [0.3, 0.4) is 0 Å². The number of rotatable bonds is 7.